The van der Waals surface area contributed by atoms with Crippen molar-refractivity contribution in [3.05, 3.63) is 54.4 Å². The minimum Gasteiger partial charge on any atom is -0.397 e. The Kier molecular flexibility index (Phi) is 4.68. The number of nitrogen functional groups attached to an aromatic ring is 1. The average molecular weight is 270 g/mol. The Morgan fingerprint density at radius 2 is 1.95 bits per heavy atom. The number of amides is 1. The molecule has 1 aromatic carbocycles. The zero-order valence-corrected chi connectivity index (χ0v) is 11.4. The van der Waals surface area contributed by atoms with Gasteiger partial charge in [0.2, 0.25) is 5.91 Å². The topological polar surface area (TPSA) is 71.2 Å². The molecule has 5 nitrogen and oxygen atoms in total. The van der Waals surface area contributed by atoms with Crippen molar-refractivity contribution >= 4 is 17.3 Å². The molecule has 0 fully saturated rings. The second kappa shape index (κ2) is 6.68. The van der Waals surface area contributed by atoms with Crippen LogP contribution in [0.4, 0.5) is 11.4 Å². The quantitative estimate of drug-likeness (QED) is 0.812. The SMILES string of the molecule is CN(CC(=O)Nc1ccccc1N)Cc1ccncc1. The molecule has 0 aliphatic carbocycles. The summed E-state index contributed by atoms with van der Waals surface area (Å²) in [5.74, 6) is -0.0838. The Hall–Kier alpha value is -2.40. The third-order valence-corrected chi connectivity index (χ3v) is 2.85. The number of pyridine rings is 1. The first-order chi connectivity index (χ1) is 9.65. The Morgan fingerprint density at radius 1 is 1.25 bits per heavy atom. The number of hydrogen-bond acceptors (Lipinski definition) is 4. The molecule has 20 heavy (non-hydrogen) atoms. The van der Waals surface area contributed by atoms with Crippen LogP contribution in [-0.2, 0) is 11.3 Å². The van der Waals surface area contributed by atoms with Gasteiger partial charge in [0.1, 0.15) is 0 Å². The average Bonchev–Trinajstić information content (AvgIpc) is 2.42. The molecule has 0 bridgehead atoms. The lowest BCUT2D eigenvalue weighted by atomic mass is 10.2. The van der Waals surface area contributed by atoms with Crippen molar-refractivity contribution in [2.24, 2.45) is 0 Å². The number of nitrogens with two attached hydrogens (primary N) is 1. The Morgan fingerprint density at radius 3 is 2.65 bits per heavy atom. The Balaban J connectivity index is 1.87. The maximum atomic E-state index is 11.9. The molecule has 0 saturated heterocycles. The van der Waals surface area contributed by atoms with Gasteiger partial charge in [-0.15, -0.1) is 0 Å². The van der Waals surface area contributed by atoms with E-state index in [2.05, 4.69) is 10.3 Å². The summed E-state index contributed by atoms with van der Waals surface area (Å²) in [7, 11) is 1.90. The molecular formula is C15H18N4O. The van der Waals surface area contributed by atoms with Crippen LogP contribution in [0.25, 0.3) is 0 Å². The number of carbonyl (C=O) groups is 1. The molecule has 0 aliphatic rings. The Bertz CT molecular complexity index is 571. The highest BCUT2D eigenvalue weighted by Gasteiger charge is 2.08. The number of hydrogen-bond donors (Lipinski definition) is 2. The summed E-state index contributed by atoms with van der Waals surface area (Å²) in [6.45, 7) is 0.997. The molecule has 2 aromatic rings. The molecule has 1 aromatic heterocycles. The summed E-state index contributed by atoms with van der Waals surface area (Å²) in [5.41, 5.74) is 8.12. The molecule has 1 amide bonds. The van der Waals surface area contributed by atoms with E-state index in [1.165, 1.54) is 0 Å². The number of nitrogens with zero attached hydrogens (tertiary/aromatic N) is 2. The fraction of sp³-hybridized carbons (Fsp3) is 0.200. The first kappa shape index (κ1) is 14.0. The van der Waals surface area contributed by atoms with E-state index < -0.39 is 0 Å². The predicted octanol–water partition coefficient (Wildman–Crippen LogP) is 1.73. The van der Waals surface area contributed by atoms with Crippen molar-refractivity contribution in [1.29, 1.82) is 0 Å². The number of carbonyl (C=O) groups excluding carboxylic acids is 1. The predicted molar refractivity (Wildman–Crippen MR) is 80.1 cm³/mol. The summed E-state index contributed by atoms with van der Waals surface area (Å²) in [6.07, 6.45) is 3.49. The summed E-state index contributed by atoms with van der Waals surface area (Å²) in [6, 6.07) is 11.1. The number of likely N-dealkylation sites (N-methyl/N-ethyl adjacent to an activating group) is 1. The molecule has 104 valence electrons. The normalized spacial score (nSPS) is 10.5. The summed E-state index contributed by atoms with van der Waals surface area (Å²) in [5, 5.41) is 2.81. The van der Waals surface area contributed by atoms with E-state index in [0.29, 0.717) is 24.5 Å². The first-order valence-electron chi connectivity index (χ1n) is 6.37. The monoisotopic (exact) mass is 270 g/mol. The zero-order chi connectivity index (χ0) is 14.4. The molecule has 0 aliphatic heterocycles. The van der Waals surface area contributed by atoms with E-state index in [-0.39, 0.29) is 5.91 Å². The minimum absolute atomic E-state index is 0.0838. The van der Waals surface area contributed by atoms with Crippen molar-refractivity contribution in [2.75, 3.05) is 24.6 Å². The maximum absolute atomic E-state index is 11.9. The molecule has 2 rings (SSSR count). The standard InChI is InChI=1S/C15H18N4O/c1-19(10-12-6-8-17-9-7-12)11-15(20)18-14-5-3-2-4-13(14)16/h2-9H,10-11,16H2,1H3,(H,18,20). The largest absolute Gasteiger partial charge is 0.397 e. The van der Waals surface area contributed by atoms with Crippen LogP contribution in [0, 0.1) is 0 Å². The van der Waals surface area contributed by atoms with Gasteiger partial charge >= 0.3 is 0 Å². The summed E-state index contributed by atoms with van der Waals surface area (Å²) < 4.78 is 0. The van der Waals surface area contributed by atoms with E-state index >= 15 is 0 Å². The van der Waals surface area contributed by atoms with Gasteiger partial charge in [-0.2, -0.15) is 0 Å². The van der Waals surface area contributed by atoms with Crippen LogP contribution in [0.2, 0.25) is 0 Å². The fourth-order valence-electron chi connectivity index (χ4n) is 1.90. The fourth-order valence-corrected chi connectivity index (χ4v) is 1.90. The van der Waals surface area contributed by atoms with Gasteiger partial charge in [0.15, 0.2) is 0 Å². The molecule has 0 spiro atoms. The molecule has 0 unspecified atom stereocenters. The first-order valence-corrected chi connectivity index (χ1v) is 6.37. The van der Waals surface area contributed by atoms with E-state index in [9.17, 15) is 4.79 Å². The van der Waals surface area contributed by atoms with Crippen LogP contribution in [0.5, 0.6) is 0 Å². The van der Waals surface area contributed by atoms with Crippen LogP contribution in [0.3, 0.4) is 0 Å². The zero-order valence-electron chi connectivity index (χ0n) is 11.4. The number of aromatic nitrogens is 1. The Labute approximate surface area is 118 Å². The van der Waals surface area contributed by atoms with Crippen molar-refractivity contribution in [3.8, 4) is 0 Å². The van der Waals surface area contributed by atoms with Gasteiger partial charge < -0.3 is 11.1 Å². The van der Waals surface area contributed by atoms with Crippen molar-refractivity contribution < 1.29 is 4.79 Å². The number of rotatable bonds is 5. The summed E-state index contributed by atoms with van der Waals surface area (Å²) >= 11 is 0. The lowest BCUT2D eigenvalue weighted by Crippen LogP contribution is -2.30. The summed E-state index contributed by atoms with van der Waals surface area (Å²) in [4.78, 5) is 17.8. The van der Waals surface area contributed by atoms with Crippen molar-refractivity contribution in [2.45, 2.75) is 6.54 Å². The van der Waals surface area contributed by atoms with Gasteiger partial charge in [-0.05, 0) is 36.9 Å². The number of anilines is 2. The second-order valence-electron chi connectivity index (χ2n) is 4.66. The molecule has 0 saturated carbocycles. The van der Waals surface area contributed by atoms with E-state index in [0.717, 1.165) is 5.56 Å². The van der Waals surface area contributed by atoms with E-state index in [1.807, 2.05) is 36.2 Å². The highest BCUT2D eigenvalue weighted by Crippen LogP contribution is 2.16. The lowest BCUT2D eigenvalue weighted by molar-refractivity contribution is -0.117. The molecule has 1 heterocycles. The highest BCUT2D eigenvalue weighted by molar-refractivity contribution is 5.95. The van der Waals surface area contributed by atoms with E-state index in [4.69, 9.17) is 5.73 Å². The third kappa shape index (κ3) is 4.07. The van der Waals surface area contributed by atoms with Crippen LogP contribution >= 0.6 is 0 Å². The van der Waals surface area contributed by atoms with Crippen LogP contribution in [-0.4, -0.2) is 29.4 Å². The smallest absolute Gasteiger partial charge is 0.238 e. The number of para-hydroxylation sites is 2. The van der Waals surface area contributed by atoms with Gasteiger partial charge in [0.05, 0.1) is 17.9 Å². The molecule has 3 N–H and O–H groups in total. The van der Waals surface area contributed by atoms with Crippen molar-refractivity contribution in [3.63, 3.8) is 0 Å². The number of nitrogens with one attached hydrogen (secondary N) is 1. The minimum atomic E-state index is -0.0838. The van der Waals surface area contributed by atoms with Gasteiger partial charge in [0.25, 0.3) is 0 Å². The van der Waals surface area contributed by atoms with Gasteiger partial charge in [0, 0.05) is 18.9 Å². The third-order valence-electron chi connectivity index (χ3n) is 2.85. The van der Waals surface area contributed by atoms with Crippen LogP contribution in [0.1, 0.15) is 5.56 Å². The lowest BCUT2D eigenvalue weighted by Gasteiger charge is -2.16. The van der Waals surface area contributed by atoms with Crippen LogP contribution in [0.15, 0.2) is 48.8 Å². The second-order valence-corrected chi connectivity index (χ2v) is 4.66. The molecular weight excluding hydrogens is 252 g/mol. The van der Waals surface area contributed by atoms with Crippen molar-refractivity contribution in [1.82, 2.24) is 9.88 Å². The molecule has 5 heteroatoms. The van der Waals surface area contributed by atoms with Gasteiger partial charge in [-0.3, -0.25) is 14.7 Å². The molecule has 0 radical (unpaired) electrons. The van der Waals surface area contributed by atoms with E-state index in [1.54, 1.807) is 24.5 Å². The van der Waals surface area contributed by atoms with Gasteiger partial charge in [-0.1, -0.05) is 12.1 Å². The van der Waals surface area contributed by atoms with Crippen LogP contribution < -0.4 is 11.1 Å². The maximum Gasteiger partial charge on any atom is 0.238 e. The number of benzene rings is 1. The van der Waals surface area contributed by atoms with Gasteiger partial charge in [-0.25, -0.2) is 0 Å². The molecule has 0 atom stereocenters. The highest BCUT2D eigenvalue weighted by atomic mass is 16.2.